The van der Waals surface area contributed by atoms with Crippen molar-refractivity contribution in [2.45, 2.75) is 58.9 Å². The van der Waals surface area contributed by atoms with Gasteiger partial charge in [-0.05, 0) is 103 Å². The van der Waals surface area contributed by atoms with E-state index in [1.165, 1.54) is 4.90 Å². The molecule has 0 bridgehead atoms. The molecule has 0 unspecified atom stereocenters. The van der Waals surface area contributed by atoms with E-state index < -0.39 is 25.1 Å². The van der Waals surface area contributed by atoms with E-state index in [0.717, 1.165) is 45.4 Å². The fraction of sp³-hybridized carbons (Fsp3) is 0.455. The summed E-state index contributed by atoms with van der Waals surface area (Å²) in [7, 11) is 0.636. The average molecular weight is 557 g/mol. The highest BCUT2D eigenvalue weighted by molar-refractivity contribution is 6.43. The second kappa shape index (κ2) is 12.4. The molecule has 3 aliphatic rings. The maximum Gasteiger partial charge on any atom is 0.455 e. The fourth-order valence-electron chi connectivity index (χ4n) is 7.09. The van der Waals surface area contributed by atoms with Crippen molar-refractivity contribution in [2.75, 3.05) is 20.3 Å². The van der Waals surface area contributed by atoms with E-state index in [-0.39, 0.29) is 17.7 Å². The quantitative estimate of drug-likeness (QED) is 0.191. The molecule has 0 radical (unpaired) electrons. The first-order valence-electron chi connectivity index (χ1n) is 14.7. The number of allylic oxidation sites excluding steroid dienone is 1. The van der Waals surface area contributed by atoms with E-state index in [9.17, 15) is 19.7 Å². The van der Waals surface area contributed by atoms with E-state index in [1.807, 2.05) is 51.1 Å². The fourth-order valence-corrected chi connectivity index (χ4v) is 7.09. The number of hydrogen-bond acceptors (Lipinski definition) is 6. The summed E-state index contributed by atoms with van der Waals surface area (Å²) in [6, 6.07) is 14.1. The van der Waals surface area contributed by atoms with Gasteiger partial charge in [0.1, 0.15) is 5.75 Å². The number of phenols is 1. The molecule has 2 aromatic carbocycles. The molecule has 216 valence electrons. The number of aryl methyl sites for hydroxylation is 2. The molecule has 2 aliphatic heterocycles. The van der Waals surface area contributed by atoms with E-state index in [1.54, 1.807) is 7.11 Å². The summed E-state index contributed by atoms with van der Waals surface area (Å²) in [5, 5.41) is 21.1. The SMILES string of the molecule is CCCN1C(=O)[C@@H]2[C@@H](CC(COC)=C3[C@@H](CC/C(=C/c4cc(C)c(O)c(C)c4)c4ccccc4)OB(O)C[C@@H]32)C1=O. The first kappa shape index (κ1) is 29.3. The maximum atomic E-state index is 13.5. The molecule has 2 amide bonds. The van der Waals surface area contributed by atoms with E-state index in [2.05, 4.69) is 18.2 Å². The lowest BCUT2D eigenvalue weighted by Crippen LogP contribution is -2.46. The summed E-state index contributed by atoms with van der Waals surface area (Å²) < 4.78 is 11.8. The number of carbonyl (C=O) groups is 2. The molecule has 2 fully saturated rings. The van der Waals surface area contributed by atoms with Crippen molar-refractivity contribution in [3.05, 3.63) is 75.9 Å². The number of carbonyl (C=O) groups excluding carboxylic acids is 2. The average Bonchev–Trinajstić information content (AvgIpc) is 3.19. The van der Waals surface area contributed by atoms with Gasteiger partial charge < -0.3 is 19.5 Å². The summed E-state index contributed by atoms with van der Waals surface area (Å²) >= 11 is 0. The van der Waals surface area contributed by atoms with Crippen LogP contribution in [0.4, 0.5) is 0 Å². The Hall–Kier alpha value is -3.20. The van der Waals surface area contributed by atoms with Crippen molar-refractivity contribution in [1.82, 2.24) is 4.90 Å². The topological polar surface area (TPSA) is 96.3 Å². The van der Waals surface area contributed by atoms with Gasteiger partial charge in [0.05, 0.1) is 24.5 Å². The number of nitrogens with zero attached hydrogens (tertiary/aromatic N) is 1. The minimum Gasteiger partial charge on any atom is -0.507 e. The van der Waals surface area contributed by atoms with Gasteiger partial charge in [-0.25, -0.2) is 0 Å². The number of rotatable bonds is 9. The van der Waals surface area contributed by atoms with Crippen molar-refractivity contribution in [1.29, 1.82) is 0 Å². The highest BCUT2D eigenvalue weighted by Crippen LogP contribution is 2.50. The zero-order valence-electron chi connectivity index (χ0n) is 24.4. The Balaban J connectivity index is 1.48. The van der Waals surface area contributed by atoms with Crippen LogP contribution in [0.3, 0.4) is 0 Å². The van der Waals surface area contributed by atoms with Crippen LogP contribution in [-0.4, -0.2) is 60.3 Å². The normalized spacial score (nSPS) is 24.7. The van der Waals surface area contributed by atoms with Crippen LogP contribution >= 0.6 is 0 Å². The van der Waals surface area contributed by atoms with Crippen LogP contribution in [-0.2, 0) is 19.0 Å². The minimum atomic E-state index is -1.01. The molecule has 2 heterocycles. The molecule has 2 saturated heterocycles. The van der Waals surface area contributed by atoms with Crippen molar-refractivity contribution in [3.63, 3.8) is 0 Å². The number of phenolic OH excluding ortho intramolecular Hbond substituents is 1. The van der Waals surface area contributed by atoms with Gasteiger partial charge in [0.15, 0.2) is 0 Å². The number of aromatic hydroxyl groups is 1. The van der Waals surface area contributed by atoms with Crippen molar-refractivity contribution in [2.24, 2.45) is 17.8 Å². The molecule has 4 atom stereocenters. The molecule has 7 nitrogen and oxygen atoms in total. The van der Waals surface area contributed by atoms with Gasteiger partial charge in [0.2, 0.25) is 11.8 Å². The summed E-state index contributed by atoms with van der Waals surface area (Å²) in [5.41, 5.74) is 6.90. The van der Waals surface area contributed by atoms with Crippen LogP contribution in [0.2, 0.25) is 6.32 Å². The third-order valence-corrected chi connectivity index (χ3v) is 8.84. The number of hydrogen-bond donors (Lipinski definition) is 2. The Morgan fingerprint density at radius 3 is 2.49 bits per heavy atom. The summed E-state index contributed by atoms with van der Waals surface area (Å²) in [5.74, 6) is -1.02. The standard InChI is InChI=1S/C33H40BNO6/c1-5-13-35-32(37)26-17-25(19-40-4)29-27(30(26)33(35)38)18-34(39)41-28(29)12-11-24(23-9-7-6-8-10-23)16-22-14-20(2)31(36)21(3)15-22/h6-10,14-16,26-28,30,36,39H,5,11-13,17-19H2,1-4H3/b24-16-/t26-,27+,28-,30-/m1/s1. The monoisotopic (exact) mass is 557 g/mol. The predicted molar refractivity (Wildman–Crippen MR) is 160 cm³/mol. The molecular weight excluding hydrogens is 517 g/mol. The number of benzene rings is 2. The van der Waals surface area contributed by atoms with Crippen LogP contribution in [0.15, 0.2) is 53.6 Å². The lowest BCUT2D eigenvalue weighted by Gasteiger charge is -2.43. The van der Waals surface area contributed by atoms with Crippen molar-refractivity contribution in [3.8, 4) is 5.75 Å². The van der Waals surface area contributed by atoms with Crippen molar-refractivity contribution < 1.29 is 29.1 Å². The summed E-state index contributed by atoms with van der Waals surface area (Å²) in [6.45, 7) is 6.56. The van der Waals surface area contributed by atoms with Gasteiger partial charge in [-0.1, -0.05) is 43.3 Å². The van der Waals surface area contributed by atoms with Gasteiger partial charge >= 0.3 is 7.12 Å². The summed E-state index contributed by atoms with van der Waals surface area (Å²) in [4.78, 5) is 28.2. The van der Waals surface area contributed by atoms with Crippen LogP contribution in [0, 0.1) is 31.6 Å². The molecule has 1 aliphatic carbocycles. The molecule has 0 aromatic heterocycles. The zero-order valence-corrected chi connectivity index (χ0v) is 24.4. The Kier molecular flexibility index (Phi) is 8.83. The van der Waals surface area contributed by atoms with Gasteiger partial charge in [-0.15, -0.1) is 0 Å². The second-order valence-electron chi connectivity index (χ2n) is 11.7. The third kappa shape index (κ3) is 5.78. The van der Waals surface area contributed by atoms with Gasteiger partial charge in [0, 0.05) is 13.7 Å². The molecule has 2 aromatic rings. The molecule has 0 saturated carbocycles. The first-order chi connectivity index (χ1) is 19.7. The van der Waals surface area contributed by atoms with E-state index in [0.29, 0.717) is 44.5 Å². The second-order valence-corrected chi connectivity index (χ2v) is 11.7. The lowest BCUT2D eigenvalue weighted by atomic mass is 9.58. The van der Waals surface area contributed by atoms with Crippen LogP contribution in [0.25, 0.3) is 11.6 Å². The molecule has 2 N–H and O–H groups in total. The first-order valence-corrected chi connectivity index (χ1v) is 14.7. The number of fused-ring (bicyclic) bond motifs is 3. The van der Waals surface area contributed by atoms with E-state index in [4.69, 9.17) is 9.39 Å². The molecule has 0 spiro atoms. The van der Waals surface area contributed by atoms with E-state index >= 15 is 0 Å². The highest BCUT2D eigenvalue weighted by Gasteiger charge is 2.57. The van der Waals surface area contributed by atoms with Crippen LogP contribution in [0.5, 0.6) is 5.75 Å². The summed E-state index contributed by atoms with van der Waals surface area (Å²) in [6.07, 6.45) is 4.52. The number of amides is 2. The maximum absolute atomic E-state index is 13.5. The molecule has 41 heavy (non-hydrogen) atoms. The smallest absolute Gasteiger partial charge is 0.455 e. The van der Waals surface area contributed by atoms with Crippen molar-refractivity contribution >= 4 is 30.6 Å². The lowest BCUT2D eigenvalue weighted by molar-refractivity contribution is -0.140. The Morgan fingerprint density at radius 1 is 1.12 bits per heavy atom. The molecule has 5 rings (SSSR count). The number of ether oxygens (including phenoxy) is 1. The third-order valence-electron chi connectivity index (χ3n) is 8.84. The van der Waals surface area contributed by atoms with Gasteiger partial charge in [-0.3, -0.25) is 14.5 Å². The number of methoxy groups -OCH3 is 1. The Bertz CT molecular complexity index is 1350. The Morgan fingerprint density at radius 2 is 1.83 bits per heavy atom. The van der Waals surface area contributed by atoms with Crippen LogP contribution in [0.1, 0.15) is 54.9 Å². The molecule has 8 heteroatoms. The molecular formula is C33H40BNO6. The van der Waals surface area contributed by atoms with Gasteiger partial charge in [0.25, 0.3) is 0 Å². The van der Waals surface area contributed by atoms with Gasteiger partial charge in [-0.2, -0.15) is 0 Å². The highest BCUT2D eigenvalue weighted by atomic mass is 16.5. The predicted octanol–water partition coefficient (Wildman–Crippen LogP) is 5.18. The number of likely N-dealkylation sites (tertiary alicyclic amines) is 1. The minimum absolute atomic E-state index is 0.0965. The Labute approximate surface area is 243 Å². The van der Waals surface area contributed by atoms with Crippen LogP contribution < -0.4 is 0 Å². The largest absolute Gasteiger partial charge is 0.507 e. The zero-order chi connectivity index (χ0) is 29.3. The number of imide groups is 1.